The molecule has 2 N–H and O–H groups in total. The molecule has 1 aromatic carbocycles. The average Bonchev–Trinajstić information content (AvgIpc) is 2.75. The van der Waals surface area contributed by atoms with Crippen LogP contribution < -0.4 is 20.1 Å². The lowest BCUT2D eigenvalue weighted by atomic mass is 10.1. The number of hydrogen-bond acceptors (Lipinski definition) is 5. The Morgan fingerprint density at radius 1 is 1.24 bits per heavy atom. The summed E-state index contributed by atoms with van der Waals surface area (Å²) >= 11 is 0. The fourth-order valence-electron chi connectivity index (χ4n) is 3.15. The molecular formula is C21H34N4O4. The number of amides is 1. The van der Waals surface area contributed by atoms with Crippen molar-refractivity contribution in [2.75, 3.05) is 40.5 Å². The maximum Gasteiger partial charge on any atom is 0.409 e. The average molecular weight is 407 g/mol. The van der Waals surface area contributed by atoms with Crippen LogP contribution in [0.5, 0.6) is 11.5 Å². The number of nitrogens with zero attached hydrogens (tertiary/aromatic N) is 2. The molecule has 8 nitrogen and oxygen atoms in total. The summed E-state index contributed by atoms with van der Waals surface area (Å²) in [5, 5.41) is 6.78. The van der Waals surface area contributed by atoms with E-state index in [1.165, 1.54) is 0 Å². The fourth-order valence-corrected chi connectivity index (χ4v) is 3.15. The van der Waals surface area contributed by atoms with Gasteiger partial charge in [0.25, 0.3) is 0 Å². The second kappa shape index (κ2) is 12.0. The zero-order valence-corrected chi connectivity index (χ0v) is 18.0. The van der Waals surface area contributed by atoms with Crippen LogP contribution in [0, 0.1) is 0 Å². The second-order valence-corrected chi connectivity index (χ2v) is 6.86. The fraction of sp³-hybridized carbons (Fsp3) is 0.619. The summed E-state index contributed by atoms with van der Waals surface area (Å²) in [5.41, 5.74) is 1.07. The summed E-state index contributed by atoms with van der Waals surface area (Å²) in [6.45, 7) is 6.95. The molecule has 0 bridgehead atoms. The number of carbonyl (C=O) groups is 1. The number of guanidine groups is 1. The summed E-state index contributed by atoms with van der Waals surface area (Å²) in [6.07, 6.45) is 2.44. The van der Waals surface area contributed by atoms with E-state index in [2.05, 4.69) is 22.5 Å². The molecule has 29 heavy (non-hydrogen) atoms. The summed E-state index contributed by atoms with van der Waals surface area (Å²) in [4.78, 5) is 17.9. The molecule has 2 rings (SSSR count). The van der Waals surface area contributed by atoms with E-state index in [4.69, 9.17) is 14.2 Å². The van der Waals surface area contributed by atoms with E-state index >= 15 is 0 Å². The molecular weight excluding hydrogens is 372 g/mol. The van der Waals surface area contributed by atoms with Crippen molar-refractivity contribution >= 4 is 12.1 Å². The summed E-state index contributed by atoms with van der Waals surface area (Å²) < 4.78 is 16.2. The molecule has 1 aliphatic heterocycles. The van der Waals surface area contributed by atoms with E-state index in [1.54, 1.807) is 19.1 Å². The lowest BCUT2D eigenvalue weighted by Crippen LogP contribution is -2.49. The highest BCUT2D eigenvalue weighted by atomic mass is 16.6. The summed E-state index contributed by atoms with van der Waals surface area (Å²) in [7, 11) is 3.40. The molecule has 1 aliphatic rings. The van der Waals surface area contributed by atoms with Gasteiger partial charge in [-0.1, -0.05) is 13.0 Å². The number of rotatable bonds is 8. The maximum atomic E-state index is 11.8. The van der Waals surface area contributed by atoms with Crippen molar-refractivity contribution in [1.29, 1.82) is 0 Å². The van der Waals surface area contributed by atoms with Crippen molar-refractivity contribution in [3.8, 4) is 11.5 Å². The van der Waals surface area contributed by atoms with Gasteiger partial charge in [-0.25, -0.2) is 4.79 Å². The van der Waals surface area contributed by atoms with Crippen molar-refractivity contribution in [3.05, 3.63) is 23.8 Å². The second-order valence-electron chi connectivity index (χ2n) is 6.86. The quantitative estimate of drug-likeness (QED) is 0.510. The third-order valence-corrected chi connectivity index (χ3v) is 4.74. The highest BCUT2D eigenvalue weighted by molar-refractivity contribution is 5.80. The molecule has 0 saturated carbocycles. The van der Waals surface area contributed by atoms with Crippen molar-refractivity contribution in [3.63, 3.8) is 0 Å². The third-order valence-electron chi connectivity index (χ3n) is 4.74. The van der Waals surface area contributed by atoms with Gasteiger partial charge in [-0.3, -0.25) is 4.99 Å². The van der Waals surface area contributed by atoms with Crippen LogP contribution in [0.25, 0.3) is 0 Å². The maximum absolute atomic E-state index is 11.8. The number of likely N-dealkylation sites (tertiary alicyclic amines) is 1. The van der Waals surface area contributed by atoms with Crippen LogP contribution >= 0.6 is 0 Å². The van der Waals surface area contributed by atoms with Crippen molar-refractivity contribution in [2.24, 2.45) is 4.99 Å². The Morgan fingerprint density at radius 3 is 2.62 bits per heavy atom. The van der Waals surface area contributed by atoms with Gasteiger partial charge in [-0.05, 0) is 43.9 Å². The molecule has 0 radical (unpaired) electrons. The number of piperidine rings is 1. The van der Waals surface area contributed by atoms with E-state index < -0.39 is 0 Å². The number of carbonyl (C=O) groups excluding carboxylic acids is 1. The van der Waals surface area contributed by atoms with Crippen LogP contribution in [0.1, 0.15) is 38.7 Å². The Bertz CT molecular complexity index is 673. The Kier molecular flexibility index (Phi) is 9.40. The molecule has 0 atom stereocenters. The van der Waals surface area contributed by atoms with E-state index in [0.29, 0.717) is 32.8 Å². The van der Waals surface area contributed by atoms with E-state index in [1.807, 2.05) is 25.1 Å². The Balaban J connectivity index is 1.83. The van der Waals surface area contributed by atoms with Gasteiger partial charge in [0.2, 0.25) is 0 Å². The van der Waals surface area contributed by atoms with Crippen LogP contribution in [0.2, 0.25) is 0 Å². The largest absolute Gasteiger partial charge is 0.493 e. The van der Waals surface area contributed by atoms with Crippen LogP contribution in [0.4, 0.5) is 4.79 Å². The number of methoxy groups -OCH3 is 1. The van der Waals surface area contributed by atoms with E-state index in [9.17, 15) is 4.79 Å². The first-order chi connectivity index (χ1) is 14.1. The molecule has 1 aromatic rings. The first-order valence-corrected chi connectivity index (χ1v) is 10.3. The number of nitrogens with one attached hydrogen (secondary N) is 2. The van der Waals surface area contributed by atoms with E-state index in [-0.39, 0.29) is 12.1 Å². The van der Waals surface area contributed by atoms with Crippen LogP contribution in [0.15, 0.2) is 23.2 Å². The first-order valence-electron chi connectivity index (χ1n) is 10.3. The van der Waals surface area contributed by atoms with Crippen LogP contribution in [-0.2, 0) is 11.3 Å². The number of aliphatic imine (C=N–C) groups is 1. The third kappa shape index (κ3) is 7.03. The normalized spacial score (nSPS) is 15.0. The van der Waals surface area contributed by atoms with Gasteiger partial charge in [-0.2, -0.15) is 0 Å². The topological polar surface area (TPSA) is 84.4 Å². The molecule has 8 heteroatoms. The van der Waals surface area contributed by atoms with Gasteiger partial charge in [-0.15, -0.1) is 0 Å². The molecule has 1 heterocycles. The van der Waals surface area contributed by atoms with Gasteiger partial charge >= 0.3 is 6.09 Å². The zero-order chi connectivity index (χ0) is 21.1. The highest BCUT2D eigenvalue weighted by Gasteiger charge is 2.24. The van der Waals surface area contributed by atoms with Crippen molar-refractivity contribution in [1.82, 2.24) is 15.5 Å². The number of benzene rings is 1. The predicted molar refractivity (Wildman–Crippen MR) is 114 cm³/mol. The highest BCUT2D eigenvalue weighted by Crippen LogP contribution is 2.28. The van der Waals surface area contributed by atoms with Gasteiger partial charge in [0.05, 0.1) is 20.3 Å². The molecule has 0 spiro atoms. The minimum Gasteiger partial charge on any atom is -0.493 e. The van der Waals surface area contributed by atoms with Gasteiger partial charge in [0.1, 0.15) is 0 Å². The Labute approximate surface area is 173 Å². The molecule has 0 aliphatic carbocycles. The lowest BCUT2D eigenvalue weighted by Gasteiger charge is -2.32. The van der Waals surface area contributed by atoms with Gasteiger partial charge in [0.15, 0.2) is 17.5 Å². The molecule has 0 aromatic heterocycles. The van der Waals surface area contributed by atoms with Gasteiger partial charge in [0, 0.05) is 32.7 Å². The zero-order valence-electron chi connectivity index (χ0n) is 18.0. The van der Waals surface area contributed by atoms with Crippen molar-refractivity contribution < 1.29 is 19.0 Å². The smallest absolute Gasteiger partial charge is 0.409 e. The minimum absolute atomic E-state index is 0.228. The van der Waals surface area contributed by atoms with Crippen LogP contribution in [-0.4, -0.2) is 63.5 Å². The monoisotopic (exact) mass is 406 g/mol. The van der Waals surface area contributed by atoms with E-state index in [0.717, 1.165) is 42.3 Å². The Morgan fingerprint density at radius 2 is 2.00 bits per heavy atom. The lowest BCUT2D eigenvalue weighted by molar-refractivity contribution is 0.0963. The summed E-state index contributed by atoms with van der Waals surface area (Å²) in [6, 6.07) is 6.20. The Hall–Kier alpha value is -2.64. The molecule has 1 fully saturated rings. The standard InChI is InChI=1S/C21H34N4O4/c1-5-13-29-18-8-7-16(14-19(18)27-4)15-23-20(22-3)24-17-9-11-25(12-10-17)21(26)28-6-2/h7-8,14,17H,5-6,9-13,15H2,1-4H3,(H2,22,23,24). The number of ether oxygens (including phenoxy) is 3. The SMILES string of the molecule is CCCOc1ccc(CNC(=NC)NC2CCN(C(=O)OCC)CC2)cc1OC. The molecule has 1 amide bonds. The molecule has 1 saturated heterocycles. The molecule has 0 unspecified atom stereocenters. The van der Waals surface area contributed by atoms with Crippen molar-refractivity contribution in [2.45, 2.75) is 45.7 Å². The summed E-state index contributed by atoms with van der Waals surface area (Å²) in [5.74, 6) is 2.23. The predicted octanol–water partition coefficient (Wildman–Crippen LogP) is 2.77. The van der Waals surface area contributed by atoms with Gasteiger partial charge < -0.3 is 29.7 Å². The first kappa shape index (κ1) is 22.6. The minimum atomic E-state index is -0.228. The molecule has 162 valence electrons. The van der Waals surface area contributed by atoms with Crippen LogP contribution in [0.3, 0.4) is 0 Å². The number of hydrogen-bond donors (Lipinski definition) is 2.